The van der Waals surface area contributed by atoms with E-state index in [4.69, 9.17) is 8.83 Å². The van der Waals surface area contributed by atoms with Crippen LogP contribution in [-0.4, -0.2) is 0 Å². The van der Waals surface area contributed by atoms with Gasteiger partial charge >= 0.3 is 0 Å². The van der Waals surface area contributed by atoms with Crippen LogP contribution in [0.4, 0.5) is 17.1 Å². The fraction of sp³-hybridized carbons (Fsp3) is 0. The summed E-state index contributed by atoms with van der Waals surface area (Å²) in [6.07, 6.45) is 0. The Hall–Kier alpha value is -8.66. The molecule has 0 radical (unpaired) electrons. The smallest absolute Gasteiger partial charge is 0.136 e. The van der Waals surface area contributed by atoms with Gasteiger partial charge in [-0.1, -0.05) is 164 Å². The van der Waals surface area contributed by atoms with Gasteiger partial charge in [0.2, 0.25) is 0 Å². The van der Waals surface area contributed by atoms with Crippen molar-refractivity contribution in [1.82, 2.24) is 0 Å². The van der Waals surface area contributed by atoms with E-state index in [9.17, 15) is 0 Å². The van der Waals surface area contributed by atoms with Crippen molar-refractivity contribution >= 4 is 82.5 Å². The minimum atomic E-state index is 0.879. The molecule has 0 bridgehead atoms. The van der Waals surface area contributed by atoms with Gasteiger partial charge in [0.05, 0.1) is 5.69 Å². The summed E-state index contributed by atoms with van der Waals surface area (Å²) in [5.74, 6) is 0. The molecule has 13 rings (SSSR count). The second-order valence-electron chi connectivity index (χ2n) is 16.8. The Morgan fingerprint density at radius 2 is 0.800 bits per heavy atom. The van der Waals surface area contributed by atoms with Crippen LogP contribution in [0.3, 0.4) is 0 Å². The lowest BCUT2D eigenvalue weighted by molar-refractivity contribution is 0.669. The molecule has 13 aromatic rings. The third-order valence-electron chi connectivity index (χ3n) is 13.1. The van der Waals surface area contributed by atoms with Gasteiger partial charge in [0.15, 0.2) is 0 Å². The lowest BCUT2D eigenvalue weighted by Crippen LogP contribution is -2.11. The average Bonchev–Trinajstić information content (AvgIpc) is 3.94. The molecule has 2 aromatic heterocycles. The third kappa shape index (κ3) is 6.28. The molecule has 0 unspecified atom stereocenters. The highest BCUT2D eigenvalue weighted by atomic mass is 16.3. The number of rotatable bonds is 7. The molecule has 0 aliphatic rings. The SMILES string of the molecule is c1cc(-c2ccc(N(c3ccc(-c4cccc5oc6ccccc6c45)cc3)c3ccccc3-c3ccc4oc5cc6ccccc6cc5c4c3)cc2)cc(-c2cccc3ccccc23)c1. The highest BCUT2D eigenvalue weighted by Crippen LogP contribution is 2.45. The Morgan fingerprint density at radius 1 is 0.262 bits per heavy atom. The Balaban J connectivity index is 0.938. The number of fused-ring (bicyclic) bond motifs is 8. The highest BCUT2D eigenvalue weighted by Gasteiger charge is 2.20. The van der Waals surface area contributed by atoms with Crippen LogP contribution in [0.15, 0.2) is 245 Å². The first kappa shape index (κ1) is 36.9. The van der Waals surface area contributed by atoms with Crippen LogP contribution >= 0.6 is 0 Å². The minimum Gasteiger partial charge on any atom is -0.456 e. The van der Waals surface area contributed by atoms with Crippen LogP contribution in [0.5, 0.6) is 0 Å². The van der Waals surface area contributed by atoms with E-state index in [-0.39, 0.29) is 0 Å². The van der Waals surface area contributed by atoms with Crippen molar-refractivity contribution in [1.29, 1.82) is 0 Å². The van der Waals surface area contributed by atoms with Gasteiger partial charge in [-0.3, -0.25) is 0 Å². The van der Waals surface area contributed by atoms with Gasteiger partial charge in [-0.2, -0.15) is 0 Å². The van der Waals surface area contributed by atoms with E-state index in [1.165, 1.54) is 38.2 Å². The largest absolute Gasteiger partial charge is 0.456 e. The summed E-state index contributed by atoms with van der Waals surface area (Å²) in [7, 11) is 0. The number of anilines is 3. The fourth-order valence-corrected chi connectivity index (χ4v) is 9.92. The molecule has 0 saturated heterocycles. The summed E-state index contributed by atoms with van der Waals surface area (Å²) >= 11 is 0. The van der Waals surface area contributed by atoms with Gasteiger partial charge in [0, 0.05) is 38.5 Å². The average molecular weight is 830 g/mol. The van der Waals surface area contributed by atoms with Gasteiger partial charge in [0.1, 0.15) is 22.3 Å². The van der Waals surface area contributed by atoms with E-state index >= 15 is 0 Å². The van der Waals surface area contributed by atoms with Gasteiger partial charge in [0.25, 0.3) is 0 Å². The fourth-order valence-electron chi connectivity index (χ4n) is 9.92. The third-order valence-corrected chi connectivity index (χ3v) is 13.1. The summed E-state index contributed by atoms with van der Waals surface area (Å²) < 4.78 is 12.7. The zero-order valence-corrected chi connectivity index (χ0v) is 35.3. The molecule has 0 aliphatic heterocycles. The number of hydrogen-bond acceptors (Lipinski definition) is 3. The van der Waals surface area contributed by atoms with Crippen molar-refractivity contribution in [3.05, 3.63) is 237 Å². The van der Waals surface area contributed by atoms with Gasteiger partial charge in [-0.25, -0.2) is 0 Å². The molecule has 3 heteroatoms. The van der Waals surface area contributed by atoms with E-state index in [0.717, 1.165) is 88.8 Å². The maximum Gasteiger partial charge on any atom is 0.136 e. The van der Waals surface area contributed by atoms with Crippen molar-refractivity contribution < 1.29 is 8.83 Å². The molecule has 0 fully saturated rings. The van der Waals surface area contributed by atoms with Crippen LogP contribution < -0.4 is 4.90 Å². The maximum absolute atomic E-state index is 6.44. The topological polar surface area (TPSA) is 29.5 Å². The van der Waals surface area contributed by atoms with Crippen LogP contribution in [0.25, 0.3) is 110 Å². The number of para-hydroxylation sites is 2. The monoisotopic (exact) mass is 829 g/mol. The summed E-state index contributed by atoms with van der Waals surface area (Å²) in [6.45, 7) is 0. The molecule has 2 heterocycles. The van der Waals surface area contributed by atoms with Crippen LogP contribution in [0.1, 0.15) is 0 Å². The Kier molecular flexibility index (Phi) is 8.53. The molecule has 0 saturated carbocycles. The van der Waals surface area contributed by atoms with E-state index in [2.05, 4.69) is 229 Å². The maximum atomic E-state index is 6.44. The summed E-state index contributed by atoms with van der Waals surface area (Å²) in [5.41, 5.74) is 16.0. The van der Waals surface area contributed by atoms with E-state index in [1.54, 1.807) is 0 Å². The molecule has 0 atom stereocenters. The quantitative estimate of drug-likeness (QED) is 0.160. The molecule has 0 aliphatic carbocycles. The first-order valence-electron chi connectivity index (χ1n) is 22.1. The summed E-state index contributed by atoms with van der Waals surface area (Å²) in [5, 5.41) is 9.34. The summed E-state index contributed by atoms with van der Waals surface area (Å²) in [6, 6.07) is 84.8. The van der Waals surface area contributed by atoms with Gasteiger partial charge < -0.3 is 13.7 Å². The van der Waals surface area contributed by atoms with E-state index in [1.807, 2.05) is 12.1 Å². The Labute approximate surface area is 375 Å². The molecule has 65 heavy (non-hydrogen) atoms. The van der Waals surface area contributed by atoms with Crippen LogP contribution in [0, 0.1) is 0 Å². The van der Waals surface area contributed by atoms with Crippen molar-refractivity contribution in [2.24, 2.45) is 0 Å². The molecule has 0 spiro atoms. The standard InChI is InChI=1S/C62H39NO2/c1-2-14-45-39-61-56(37-44(45)13-1)55-38-47(30-35-59(55)65-61)52-19-5-7-23-57(52)63(49-33-28-42(29-34-49)53-22-11-25-60-62(53)54-20-6-8-24-58(54)64-60)48-31-26-40(27-32-48)43-16-9-17-46(36-43)51-21-10-15-41-12-3-4-18-50(41)51/h1-39H. The lowest BCUT2D eigenvalue weighted by Gasteiger charge is -2.28. The predicted molar refractivity (Wildman–Crippen MR) is 272 cm³/mol. The van der Waals surface area contributed by atoms with Crippen molar-refractivity contribution in [3.63, 3.8) is 0 Å². The molecule has 3 nitrogen and oxygen atoms in total. The Morgan fingerprint density at radius 3 is 1.65 bits per heavy atom. The number of benzene rings is 11. The van der Waals surface area contributed by atoms with Crippen LogP contribution in [0.2, 0.25) is 0 Å². The molecule has 304 valence electrons. The number of furan rings is 2. The normalized spacial score (nSPS) is 11.7. The van der Waals surface area contributed by atoms with E-state index < -0.39 is 0 Å². The molecule has 0 amide bonds. The second kappa shape index (κ2) is 15.0. The minimum absolute atomic E-state index is 0.879. The molecular weight excluding hydrogens is 791 g/mol. The number of hydrogen-bond donors (Lipinski definition) is 0. The Bertz CT molecular complexity index is 3940. The highest BCUT2D eigenvalue weighted by molar-refractivity contribution is 6.13. The van der Waals surface area contributed by atoms with Gasteiger partial charge in [-0.15, -0.1) is 0 Å². The van der Waals surface area contributed by atoms with Gasteiger partial charge in [-0.05, 0) is 133 Å². The zero-order chi connectivity index (χ0) is 42.8. The zero-order valence-electron chi connectivity index (χ0n) is 35.3. The molecular formula is C62H39NO2. The molecule has 11 aromatic carbocycles. The summed E-state index contributed by atoms with van der Waals surface area (Å²) in [4.78, 5) is 2.38. The first-order valence-corrected chi connectivity index (χ1v) is 22.1. The van der Waals surface area contributed by atoms with Crippen molar-refractivity contribution in [2.45, 2.75) is 0 Å². The number of nitrogens with zero attached hydrogens (tertiary/aromatic N) is 1. The lowest BCUT2D eigenvalue weighted by atomic mass is 9.95. The molecule has 0 N–H and O–H groups in total. The first-order chi connectivity index (χ1) is 32.2. The second-order valence-corrected chi connectivity index (χ2v) is 16.8. The van der Waals surface area contributed by atoms with Crippen molar-refractivity contribution in [2.75, 3.05) is 4.90 Å². The van der Waals surface area contributed by atoms with Crippen LogP contribution in [-0.2, 0) is 0 Å². The van der Waals surface area contributed by atoms with Crippen molar-refractivity contribution in [3.8, 4) is 44.5 Å². The van der Waals surface area contributed by atoms with E-state index in [0.29, 0.717) is 0 Å². The predicted octanol–water partition coefficient (Wildman–Crippen LogP) is 17.9.